The summed E-state index contributed by atoms with van der Waals surface area (Å²) in [6.07, 6.45) is 3.07. The molecule has 2 heterocycles. The van der Waals surface area contributed by atoms with Crippen LogP contribution >= 0.6 is 11.8 Å². The standard InChI is InChI=1S/C19H17N5O2S/c25-18(22-15-6-8-16(9-7-15)24-12-20-11-21-24)17-10-27-13-23(17)19(26)14-4-2-1-3-5-14/h1-9,11-12,17H,10,13H2,(H,22,25). The van der Waals surface area contributed by atoms with E-state index in [1.54, 1.807) is 51.9 Å². The number of anilines is 1. The third-order valence-electron chi connectivity index (χ3n) is 4.28. The van der Waals surface area contributed by atoms with E-state index in [1.807, 2.05) is 30.3 Å². The van der Waals surface area contributed by atoms with Gasteiger partial charge in [-0.1, -0.05) is 18.2 Å². The zero-order chi connectivity index (χ0) is 18.6. The first kappa shape index (κ1) is 17.3. The van der Waals surface area contributed by atoms with Crippen LogP contribution < -0.4 is 5.32 Å². The minimum Gasteiger partial charge on any atom is -0.324 e. The normalized spacial score (nSPS) is 16.3. The SMILES string of the molecule is O=C(Nc1ccc(-n2cncn2)cc1)C1CSCN1C(=O)c1ccccc1. The van der Waals surface area contributed by atoms with Gasteiger partial charge in [0, 0.05) is 17.0 Å². The van der Waals surface area contributed by atoms with Crippen molar-refractivity contribution in [3.8, 4) is 5.69 Å². The van der Waals surface area contributed by atoms with Crippen LogP contribution in [0, 0.1) is 0 Å². The molecular formula is C19H17N5O2S. The maximum Gasteiger partial charge on any atom is 0.255 e. The molecule has 8 heteroatoms. The number of aromatic nitrogens is 3. The highest BCUT2D eigenvalue weighted by molar-refractivity contribution is 7.99. The molecule has 0 radical (unpaired) electrons. The molecule has 1 saturated heterocycles. The van der Waals surface area contributed by atoms with Gasteiger partial charge < -0.3 is 10.2 Å². The molecule has 7 nitrogen and oxygen atoms in total. The van der Waals surface area contributed by atoms with Gasteiger partial charge in [-0.05, 0) is 36.4 Å². The van der Waals surface area contributed by atoms with E-state index in [0.29, 0.717) is 22.9 Å². The first-order valence-corrected chi connectivity index (χ1v) is 9.57. The van der Waals surface area contributed by atoms with Gasteiger partial charge >= 0.3 is 0 Å². The van der Waals surface area contributed by atoms with E-state index in [0.717, 1.165) is 5.69 Å². The minimum absolute atomic E-state index is 0.123. The van der Waals surface area contributed by atoms with Crippen molar-refractivity contribution >= 4 is 29.3 Å². The lowest BCUT2D eigenvalue weighted by atomic mass is 10.1. The van der Waals surface area contributed by atoms with Crippen LogP contribution in [0.5, 0.6) is 0 Å². The summed E-state index contributed by atoms with van der Waals surface area (Å²) in [7, 11) is 0. The Hall–Kier alpha value is -3.13. The Balaban J connectivity index is 1.45. The van der Waals surface area contributed by atoms with Crippen molar-refractivity contribution in [1.82, 2.24) is 19.7 Å². The summed E-state index contributed by atoms with van der Waals surface area (Å²) < 4.78 is 1.64. The Morgan fingerprint density at radius 2 is 1.85 bits per heavy atom. The molecule has 0 aliphatic carbocycles. The van der Waals surface area contributed by atoms with Gasteiger partial charge in [-0.3, -0.25) is 9.59 Å². The molecule has 2 amide bonds. The molecule has 136 valence electrons. The summed E-state index contributed by atoms with van der Waals surface area (Å²) >= 11 is 1.58. The van der Waals surface area contributed by atoms with Gasteiger partial charge in [-0.25, -0.2) is 9.67 Å². The van der Waals surface area contributed by atoms with Gasteiger partial charge in [0.15, 0.2) is 0 Å². The highest BCUT2D eigenvalue weighted by atomic mass is 32.2. The number of benzene rings is 2. The lowest BCUT2D eigenvalue weighted by molar-refractivity contribution is -0.119. The summed E-state index contributed by atoms with van der Waals surface area (Å²) in [6.45, 7) is 0. The number of amides is 2. The second kappa shape index (κ2) is 7.63. The first-order chi connectivity index (χ1) is 13.2. The average molecular weight is 379 g/mol. The monoisotopic (exact) mass is 379 g/mol. The number of hydrogen-bond donors (Lipinski definition) is 1. The molecule has 3 aromatic rings. The fraction of sp³-hybridized carbons (Fsp3) is 0.158. The van der Waals surface area contributed by atoms with Crippen molar-refractivity contribution in [3.05, 3.63) is 72.8 Å². The quantitative estimate of drug-likeness (QED) is 0.753. The number of carbonyl (C=O) groups is 2. The Bertz CT molecular complexity index is 929. The van der Waals surface area contributed by atoms with Gasteiger partial charge in [0.2, 0.25) is 5.91 Å². The van der Waals surface area contributed by atoms with Crippen molar-refractivity contribution in [3.63, 3.8) is 0 Å². The third-order valence-corrected chi connectivity index (χ3v) is 5.30. The van der Waals surface area contributed by atoms with Gasteiger partial charge in [-0.15, -0.1) is 11.8 Å². The van der Waals surface area contributed by atoms with Crippen LogP contribution in [0.4, 0.5) is 5.69 Å². The summed E-state index contributed by atoms with van der Waals surface area (Å²) in [4.78, 5) is 31.0. The Morgan fingerprint density at radius 3 is 2.56 bits per heavy atom. The number of nitrogens with zero attached hydrogens (tertiary/aromatic N) is 4. The predicted octanol–water partition coefficient (Wildman–Crippen LogP) is 2.42. The largest absolute Gasteiger partial charge is 0.324 e. The van der Waals surface area contributed by atoms with Crippen molar-refractivity contribution < 1.29 is 9.59 Å². The Labute approximate surface area is 160 Å². The molecule has 1 aliphatic heterocycles. The molecule has 1 fully saturated rings. The maximum atomic E-state index is 12.7. The van der Waals surface area contributed by atoms with Crippen LogP contribution in [0.1, 0.15) is 10.4 Å². The molecule has 27 heavy (non-hydrogen) atoms. The van der Waals surface area contributed by atoms with Crippen molar-refractivity contribution in [2.75, 3.05) is 16.9 Å². The van der Waals surface area contributed by atoms with E-state index in [2.05, 4.69) is 15.4 Å². The fourth-order valence-corrected chi connectivity index (χ4v) is 4.03. The molecule has 1 aromatic heterocycles. The molecule has 4 rings (SSSR count). The lowest BCUT2D eigenvalue weighted by Crippen LogP contribution is -2.44. The molecule has 0 saturated carbocycles. The highest BCUT2D eigenvalue weighted by Crippen LogP contribution is 2.24. The van der Waals surface area contributed by atoms with E-state index in [4.69, 9.17) is 0 Å². The summed E-state index contributed by atoms with van der Waals surface area (Å²) in [5.41, 5.74) is 2.12. The smallest absolute Gasteiger partial charge is 0.255 e. The summed E-state index contributed by atoms with van der Waals surface area (Å²) in [5.74, 6) is 0.790. The van der Waals surface area contributed by atoms with E-state index in [-0.39, 0.29) is 11.8 Å². The molecule has 0 spiro atoms. The molecular weight excluding hydrogens is 362 g/mol. The zero-order valence-electron chi connectivity index (χ0n) is 14.4. The van der Waals surface area contributed by atoms with E-state index in [1.165, 1.54) is 6.33 Å². The molecule has 0 bridgehead atoms. The molecule has 1 unspecified atom stereocenters. The van der Waals surface area contributed by atoms with Gasteiger partial charge in [0.05, 0.1) is 11.6 Å². The second-order valence-electron chi connectivity index (χ2n) is 6.03. The molecule has 1 aliphatic rings. The van der Waals surface area contributed by atoms with Crippen LogP contribution in [0.25, 0.3) is 5.69 Å². The van der Waals surface area contributed by atoms with Crippen LogP contribution in [-0.2, 0) is 4.79 Å². The molecule has 2 aromatic carbocycles. The van der Waals surface area contributed by atoms with E-state index < -0.39 is 6.04 Å². The van der Waals surface area contributed by atoms with E-state index >= 15 is 0 Å². The third kappa shape index (κ3) is 3.70. The molecule has 1 N–H and O–H groups in total. The van der Waals surface area contributed by atoms with Gasteiger partial charge in [-0.2, -0.15) is 5.10 Å². The van der Waals surface area contributed by atoms with Gasteiger partial charge in [0.1, 0.15) is 18.7 Å². The number of thioether (sulfide) groups is 1. The summed E-state index contributed by atoms with van der Waals surface area (Å²) in [6, 6.07) is 15.9. The van der Waals surface area contributed by atoms with Gasteiger partial charge in [0.25, 0.3) is 5.91 Å². The fourth-order valence-electron chi connectivity index (χ4n) is 2.87. The van der Waals surface area contributed by atoms with Crippen LogP contribution in [0.3, 0.4) is 0 Å². The predicted molar refractivity (Wildman–Crippen MR) is 104 cm³/mol. The van der Waals surface area contributed by atoms with Crippen molar-refractivity contribution in [1.29, 1.82) is 0 Å². The van der Waals surface area contributed by atoms with Crippen molar-refractivity contribution in [2.24, 2.45) is 0 Å². The number of rotatable bonds is 4. The number of hydrogen-bond acceptors (Lipinski definition) is 5. The molecule has 1 atom stereocenters. The maximum absolute atomic E-state index is 12.7. The topological polar surface area (TPSA) is 80.1 Å². The highest BCUT2D eigenvalue weighted by Gasteiger charge is 2.35. The van der Waals surface area contributed by atoms with Crippen LogP contribution in [0.15, 0.2) is 67.3 Å². The lowest BCUT2D eigenvalue weighted by Gasteiger charge is -2.23. The Kier molecular flexibility index (Phi) is 4.88. The zero-order valence-corrected chi connectivity index (χ0v) is 15.2. The average Bonchev–Trinajstić information content (AvgIpc) is 3.41. The minimum atomic E-state index is -0.488. The summed E-state index contributed by atoms with van der Waals surface area (Å²) in [5, 5.41) is 6.97. The van der Waals surface area contributed by atoms with E-state index in [9.17, 15) is 9.59 Å². The Morgan fingerprint density at radius 1 is 1.07 bits per heavy atom. The van der Waals surface area contributed by atoms with Crippen LogP contribution in [0.2, 0.25) is 0 Å². The number of carbonyl (C=O) groups excluding carboxylic acids is 2. The second-order valence-corrected chi connectivity index (χ2v) is 7.03. The van der Waals surface area contributed by atoms with Crippen LogP contribution in [-0.4, -0.2) is 49.2 Å². The first-order valence-electron chi connectivity index (χ1n) is 8.42. The number of nitrogens with one attached hydrogen (secondary N) is 1. The van der Waals surface area contributed by atoms with Crippen molar-refractivity contribution in [2.45, 2.75) is 6.04 Å².